The predicted molar refractivity (Wildman–Crippen MR) is 165 cm³/mol. The molecule has 0 atom stereocenters. The average molecular weight is 528 g/mol. The Balaban J connectivity index is 1.38. The lowest BCUT2D eigenvalue weighted by molar-refractivity contribution is 1.05. The Morgan fingerprint density at radius 1 is 0.415 bits per heavy atom. The lowest BCUT2D eigenvalue weighted by Crippen LogP contribution is -2.00. The lowest BCUT2D eigenvalue weighted by Gasteiger charge is -2.11. The van der Waals surface area contributed by atoms with Crippen molar-refractivity contribution in [3.05, 3.63) is 140 Å². The molecule has 7 aromatic rings. The molecule has 41 heavy (non-hydrogen) atoms. The van der Waals surface area contributed by atoms with Crippen LogP contribution in [0.5, 0.6) is 0 Å². The molecule has 0 saturated heterocycles. The van der Waals surface area contributed by atoms with E-state index in [-0.39, 0.29) is 0 Å². The zero-order chi connectivity index (χ0) is 27.6. The van der Waals surface area contributed by atoms with Gasteiger partial charge < -0.3 is 0 Å². The van der Waals surface area contributed by atoms with Crippen LogP contribution in [-0.4, -0.2) is 24.9 Å². The topological polar surface area (TPSA) is 64.5 Å². The summed E-state index contributed by atoms with van der Waals surface area (Å²) in [4.78, 5) is 23.7. The molecule has 0 bridgehead atoms. The molecule has 0 fully saturated rings. The number of hydrogen-bond acceptors (Lipinski definition) is 5. The molecule has 0 aliphatic carbocycles. The molecule has 0 saturated carbocycles. The van der Waals surface area contributed by atoms with E-state index >= 15 is 0 Å². The highest BCUT2D eigenvalue weighted by atomic mass is 15.0. The first-order valence-electron chi connectivity index (χ1n) is 13.5. The van der Waals surface area contributed by atoms with Crippen LogP contribution < -0.4 is 0 Å². The van der Waals surface area contributed by atoms with Crippen molar-refractivity contribution in [3.63, 3.8) is 0 Å². The second-order valence-corrected chi connectivity index (χ2v) is 9.88. The molecule has 0 aliphatic rings. The Morgan fingerprint density at radius 3 is 1.78 bits per heavy atom. The fraction of sp³-hybridized carbons (Fsp3) is 0.0278. The van der Waals surface area contributed by atoms with Crippen LogP contribution in [0.4, 0.5) is 0 Å². The minimum Gasteiger partial charge on any atom is -0.241 e. The van der Waals surface area contributed by atoms with Crippen molar-refractivity contribution < 1.29 is 0 Å². The third kappa shape index (κ3) is 4.97. The highest BCUT2D eigenvalue weighted by Gasteiger charge is 2.15. The van der Waals surface area contributed by atoms with Gasteiger partial charge in [0.25, 0.3) is 0 Å². The van der Waals surface area contributed by atoms with Crippen LogP contribution in [0, 0.1) is 6.92 Å². The van der Waals surface area contributed by atoms with E-state index in [0.717, 1.165) is 50.0 Å². The van der Waals surface area contributed by atoms with Gasteiger partial charge in [-0.1, -0.05) is 115 Å². The molecule has 0 spiro atoms. The van der Waals surface area contributed by atoms with Gasteiger partial charge in [0.2, 0.25) is 0 Å². The van der Waals surface area contributed by atoms with Crippen molar-refractivity contribution in [2.45, 2.75) is 6.92 Å². The molecule has 0 N–H and O–H groups in total. The van der Waals surface area contributed by atoms with E-state index in [9.17, 15) is 0 Å². The summed E-state index contributed by atoms with van der Waals surface area (Å²) in [6.07, 6.45) is 3.69. The quantitative estimate of drug-likeness (QED) is 0.225. The highest BCUT2D eigenvalue weighted by Crippen LogP contribution is 2.31. The molecule has 0 aliphatic heterocycles. The molecule has 2 aromatic heterocycles. The average Bonchev–Trinajstić information content (AvgIpc) is 3.05. The Morgan fingerprint density at radius 2 is 0.976 bits per heavy atom. The summed E-state index contributed by atoms with van der Waals surface area (Å²) in [5.74, 6) is 2.62. The van der Waals surface area contributed by atoms with Gasteiger partial charge >= 0.3 is 0 Å². The van der Waals surface area contributed by atoms with Gasteiger partial charge in [-0.25, -0.2) is 24.9 Å². The molecule has 7 rings (SSSR count). The van der Waals surface area contributed by atoms with Gasteiger partial charge in [-0.2, -0.15) is 0 Å². The SMILES string of the molecule is Cc1ncc(-c2cccc(-c3nc(-c4ccc(-c5ccccc5)cc4)nc(-c4cccc5ccccc45)n3)c2)cn1. The van der Waals surface area contributed by atoms with Crippen molar-refractivity contribution in [2.75, 3.05) is 0 Å². The number of aromatic nitrogens is 5. The van der Waals surface area contributed by atoms with E-state index in [1.165, 1.54) is 5.56 Å². The van der Waals surface area contributed by atoms with Crippen LogP contribution in [-0.2, 0) is 0 Å². The fourth-order valence-corrected chi connectivity index (χ4v) is 5.00. The van der Waals surface area contributed by atoms with Gasteiger partial charge in [0.15, 0.2) is 17.5 Å². The lowest BCUT2D eigenvalue weighted by atomic mass is 10.0. The molecular formula is C36H25N5. The zero-order valence-electron chi connectivity index (χ0n) is 22.4. The van der Waals surface area contributed by atoms with E-state index in [1.807, 2.05) is 61.8 Å². The van der Waals surface area contributed by atoms with Crippen molar-refractivity contribution in [2.24, 2.45) is 0 Å². The summed E-state index contributed by atoms with van der Waals surface area (Å²) >= 11 is 0. The number of benzene rings is 5. The molecule has 0 unspecified atom stereocenters. The summed E-state index contributed by atoms with van der Waals surface area (Å²) in [5, 5.41) is 2.24. The standard InChI is InChI=1S/C36H25N5/c1-24-37-22-31(23-38-24)29-13-7-14-30(21-29)35-39-34(28-19-17-26(18-20-28)25-9-3-2-4-10-25)40-36(41-35)33-16-8-12-27-11-5-6-15-32(27)33/h2-23H,1H3. The van der Waals surface area contributed by atoms with E-state index in [1.54, 1.807) is 0 Å². The first-order valence-corrected chi connectivity index (χ1v) is 13.5. The maximum Gasteiger partial charge on any atom is 0.164 e. The molecule has 5 nitrogen and oxygen atoms in total. The summed E-state index contributed by atoms with van der Waals surface area (Å²) in [6.45, 7) is 1.88. The number of aryl methyl sites for hydroxylation is 1. The predicted octanol–water partition coefficient (Wildman–Crippen LogP) is 8.46. The number of hydrogen-bond donors (Lipinski definition) is 0. The van der Waals surface area contributed by atoms with Gasteiger partial charge in [0.1, 0.15) is 5.82 Å². The third-order valence-corrected chi connectivity index (χ3v) is 7.15. The van der Waals surface area contributed by atoms with Crippen LogP contribution in [0.15, 0.2) is 134 Å². The smallest absolute Gasteiger partial charge is 0.164 e. The van der Waals surface area contributed by atoms with Gasteiger partial charge in [-0.05, 0) is 40.5 Å². The second-order valence-electron chi connectivity index (χ2n) is 9.88. The van der Waals surface area contributed by atoms with Crippen LogP contribution in [0.1, 0.15) is 5.82 Å². The fourth-order valence-electron chi connectivity index (χ4n) is 5.00. The summed E-state index contributed by atoms with van der Waals surface area (Å²) < 4.78 is 0. The molecule has 5 aromatic carbocycles. The number of nitrogens with zero attached hydrogens (tertiary/aromatic N) is 5. The first kappa shape index (κ1) is 24.5. The largest absolute Gasteiger partial charge is 0.241 e. The van der Waals surface area contributed by atoms with Crippen LogP contribution in [0.2, 0.25) is 0 Å². The van der Waals surface area contributed by atoms with E-state index in [2.05, 4.69) is 88.8 Å². The van der Waals surface area contributed by atoms with E-state index in [4.69, 9.17) is 15.0 Å². The third-order valence-electron chi connectivity index (χ3n) is 7.15. The summed E-state index contributed by atoms with van der Waals surface area (Å²) in [6, 6.07) is 41.5. The molecular weight excluding hydrogens is 502 g/mol. The second kappa shape index (κ2) is 10.5. The van der Waals surface area contributed by atoms with Gasteiger partial charge in [0.05, 0.1) is 0 Å². The molecule has 194 valence electrons. The zero-order valence-corrected chi connectivity index (χ0v) is 22.4. The number of fused-ring (bicyclic) bond motifs is 1. The first-order chi connectivity index (χ1) is 20.2. The van der Waals surface area contributed by atoms with Gasteiger partial charge in [-0.3, -0.25) is 0 Å². The van der Waals surface area contributed by atoms with Gasteiger partial charge in [0, 0.05) is 34.6 Å². The van der Waals surface area contributed by atoms with Crippen LogP contribution in [0.25, 0.3) is 67.2 Å². The normalized spacial score (nSPS) is 11.0. The van der Waals surface area contributed by atoms with Crippen LogP contribution in [0.3, 0.4) is 0 Å². The molecule has 5 heteroatoms. The van der Waals surface area contributed by atoms with E-state index < -0.39 is 0 Å². The van der Waals surface area contributed by atoms with Gasteiger partial charge in [-0.15, -0.1) is 0 Å². The Hall–Kier alpha value is -5.55. The maximum atomic E-state index is 5.01. The minimum absolute atomic E-state index is 0.611. The molecule has 0 radical (unpaired) electrons. The molecule has 2 heterocycles. The van der Waals surface area contributed by atoms with Crippen molar-refractivity contribution in [3.8, 4) is 56.4 Å². The number of rotatable bonds is 5. The summed E-state index contributed by atoms with van der Waals surface area (Å²) in [7, 11) is 0. The Labute approximate surface area is 238 Å². The summed E-state index contributed by atoms with van der Waals surface area (Å²) in [5.41, 5.74) is 7.06. The monoisotopic (exact) mass is 527 g/mol. The molecule has 0 amide bonds. The van der Waals surface area contributed by atoms with E-state index in [0.29, 0.717) is 17.5 Å². The maximum absolute atomic E-state index is 5.01. The minimum atomic E-state index is 0.611. The van der Waals surface area contributed by atoms with Crippen LogP contribution >= 0.6 is 0 Å². The van der Waals surface area contributed by atoms with Crippen molar-refractivity contribution >= 4 is 10.8 Å². The Bertz CT molecular complexity index is 1980. The van der Waals surface area contributed by atoms with Crippen molar-refractivity contribution in [1.82, 2.24) is 24.9 Å². The highest BCUT2D eigenvalue weighted by molar-refractivity contribution is 5.95. The Kier molecular flexibility index (Phi) is 6.30. The van der Waals surface area contributed by atoms with Crippen molar-refractivity contribution in [1.29, 1.82) is 0 Å².